The minimum Gasteiger partial charge on any atom is -0.294 e. The van der Waals surface area contributed by atoms with Crippen LogP contribution in [0.5, 0.6) is 0 Å². The van der Waals surface area contributed by atoms with E-state index in [0.29, 0.717) is 6.04 Å². The van der Waals surface area contributed by atoms with Crippen molar-refractivity contribution in [3.63, 3.8) is 0 Å². The van der Waals surface area contributed by atoms with Crippen molar-refractivity contribution in [2.24, 2.45) is 10.9 Å². The quantitative estimate of drug-likeness (QED) is 0.534. The summed E-state index contributed by atoms with van der Waals surface area (Å²) in [4.78, 5) is 4.39. The third kappa shape index (κ3) is 3.65. The van der Waals surface area contributed by atoms with Gasteiger partial charge in [0, 0.05) is 6.04 Å². The average Bonchev–Trinajstić information content (AvgIpc) is 1.98. The van der Waals surface area contributed by atoms with Crippen molar-refractivity contribution in [1.82, 2.24) is 0 Å². The number of nitrogens with zero attached hydrogens (tertiary/aromatic N) is 1. The summed E-state index contributed by atoms with van der Waals surface area (Å²) in [6.45, 7) is 8.76. The van der Waals surface area contributed by atoms with Gasteiger partial charge >= 0.3 is 0 Å². The summed E-state index contributed by atoms with van der Waals surface area (Å²) >= 11 is 0. The fourth-order valence-corrected chi connectivity index (χ4v) is 0.760. The minimum absolute atomic E-state index is 0.505. The monoisotopic (exact) mass is 141 g/mol. The van der Waals surface area contributed by atoms with Gasteiger partial charge in [-0.2, -0.15) is 0 Å². The van der Waals surface area contributed by atoms with Gasteiger partial charge in [-0.3, -0.25) is 4.99 Å². The van der Waals surface area contributed by atoms with E-state index in [1.165, 1.54) is 6.42 Å². The van der Waals surface area contributed by atoms with Crippen molar-refractivity contribution < 1.29 is 0 Å². The lowest BCUT2D eigenvalue weighted by molar-refractivity contribution is 0.473. The summed E-state index contributed by atoms with van der Waals surface area (Å²) in [6.07, 6.45) is 4.29. The lowest BCUT2D eigenvalue weighted by Crippen LogP contribution is -2.10. The number of rotatable bonds is 4. The van der Waals surface area contributed by atoms with Crippen LogP contribution in [0.4, 0.5) is 0 Å². The van der Waals surface area contributed by atoms with Gasteiger partial charge < -0.3 is 0 Å². The Morgan fingerprint density at radius 1 is 1.30 bits per heavy atom. The van der Waals surface area contributed by atoms with E-state index in [1.807, 2.05) is 6.21 Å². The Hall–Kier alpha value is -0.330. The highest BCUT2D eigenvalue weighted by Gasteiger charge is 2.05. The average molecular weight is 141 g/mol. The van der Waals surface area contributed by atoms with Gasteiger partial charge in [-0.05, 0) is 25.5 Å². The topological polar surface area (TPSA) is 12.4 Å². The molecule has 0 aromatic heterocycles. The maximum atomic E-state index is 4.39. The van der Waals surface area contributed by atoms with Gasteiger partial charge in [0.25, 0.3) is 0 Å². The third-order valence-corrected chi connectivity index (χ3v) is 1.99. The van der Waals surface area contributed by atoms with Gasteiger partial charge in [-0.15, -0.1) is 0 Å². The molecule has 1 unspecified atom stereocenters. The molecule has 0 aromatic rings. The van der Waals surface area contributed by atoms with Crippen LogP contribution < -0.4 is 0 Å². The molecule has 0 saturated heterocycles. The molecule has 0 aliphatic carbocycles. The molecule has 10 heavy (non-hydrogen) atoms. The predicted octanol–water partition coefficient (Wildman–Crippen LogP) is 2.90. The third-order valence-electron chi connectivity index (χ3n) is 1.99. The Bertz CT molecular complexity index is 96.9. The molecule has 0 aromatic carbocycles. The second-order valence-electron chi connectivity index (χ2n) is 2.87. The lowest BCUT2D eigenvalue weighted by atomic mass is 10.0. The van der Waals surface area contributed by atoms with Crippen molar-refractivity contribution >= 4 is 6.21 Å². The number of hydrogen-bond acceptors (Lipinski definition) is 1. The van der Waals surface area contributed by atoms with Crippen molar-refractivity contribution in [3.8, 4) is 0 Å². The zero-order chi connectivity index (χ0) is 7.98. The molecule has 0 rings (SSSR count). The molecule has 2 atom stereocenters. The summed E-state index contributed by atoms with van der Waals surface area (Å²) in [7, 11) is 0. The van der Waals surface area contributed by atoms with Crippen LogP contribution in [-0.4, -0.2) is 12.3 Å². The van der Waals surface area contributed by atoms with Crippen molar-refractivity contribution in [1.29, 1.82) is 0 Å². The first-order chi connectivity index (χ1) is 4.72. The highest BCUT2D eigenvalue weighted by Crippen LogP contribution is 2.09. The molecule has 0 radical (unpaired) electrons. The van der Waals surface area contributed by atoms with Gasteiger partial charge in [0.15, 0.2) is 0 Å². The van der Waals surface area contributed by atoms with E-state index in [-0.39, 0.29) is 0 Å². The summed E-state index contributed by atoms with van der Waals surface area (Å²) in [5.41, 5.74) is 0. The summed E-state index contributed by atoms with van der Waals surface area (Å²) < 4.78 is 0. The highest BCUT2D eigenvalue weighted by molar-refractivity contribution is 5.56. The first-order valence-corrected chi connectivity index (χ1v) is 4.24. The second kappa shape index (κ2) is 5.45. The Balaban J connectivity index is 3.60. The van der Waals surface area contributed by atoms with Crippen molar-refractivity contribution in [2.45, 2.75) is 46.6 Å². The highest BCUT2D eigenvalue weighted by atomic mass is 14.8. The lowest BCUT2D eigenvalue weighted by Gasteiger charge is -2.12. The Kier molecular flexibility index (Phi) is 5.27. The van der Waals surface area contributed by atoms with Crippen LogP contribution in [0.2, 0.25) is 0 Å². The number of hydrogen-bond donors (Lipinski definition) is 0. The zero-order valence-electron chi connectivity index (χ0n) is 7.59. The van der Waals surface area contributed by atoms with E-state index < -0.39 is 0 Å². The van der Waals surface area contributed by atoms with E-state index in [1.54, 1.807) is 0 Å². The molecule has 0 amide bonds. The van der Waals surface area contributed by atoms with Crippen LogP contribution in [-0.2, 0) is 0 Å². The predicted molar refractivity (Wildman–Crippen MR) is 47.7 cm³/mol. The molecule has 1 nitrogen and oxygen atoms in total. The smallest absolute Gasteiger partial charge is 0.0492 e. The van der Waals surface area contributed by atoms with Gasteiger partial charge in [-0.1, -0.05) is 27.2 Å². The molecule has 0 spiro atoms. The van der Waals surface area contributed by atoms with E-state index in [0.717, 1.165) is 12.3 Å². The SMILES string of the molecule is CC/C=N\C(C)[C@H](C)CC. The standard InChI is InChI=1S/C9H19N/c1-5-7-10-9(4)8(3)6-2/h7-9H,5-6H2,1-4H3/b10-7-/t8-,9?/m1/s1. The minimum atomic E-state index is 0.505. The van der Waals surface area contributed by atoms with Crippen LogP contribution in [0.15, 0.2) is 4.99 Å². The first-order valence-electron chi connectivity index (χ1n) is 4.24. The van der Waals surface area contributed by atoms with Gasteiger partial charge in [0.2, 0.25) is 0 Å². The maximum absolute atomic E-state index is 4.39. The van der Waals surface area contributed by atoms with Crippen LogP contribution in [0.25, 0.3) is 0 Å². The van der Waals surface area contributed by atoms with E-state index >= 15 is 0 Å². The number of aliphatic imine (C=N–C) groups is 1. The molecule has 0 aliphatic heterocycles. The normalized spacial score (nSPS) is 17.6. The molecule has 1 heteroatoms. The molecule has 0 N–H and O–H groups in total. The van der Waals surface area contributed by atoms with E-state index in [9.17, 15) is 0 Å². The van der Waals surface area contributed by atoms with Crippen LogP contribution in [0, 0.1) is 5.92 Å². The van der Waals surface area contributed by atoms with Gasteiger partial charge in [0.05, 0.1) is 0 Å². The zero-order valence-corrected chi connectivity index (χ0v) is 7.59. The van der Waals surface area contributed by atoms with E-state index in [4.69, 9.17) is 0 Å². The molecular formula is C9H19N. The molecular weight excluding hydrogens is 122 g/mol. The van der Waals surface area contributed by atoms with Crippen LogP contribution in [0.1, 0.15) is 40.5 Å². The molecule has 0 heterocycles. The van der Waals surface area contributed by atoms with Gasteiger partial charge in [-0.25, -0.2) is 0 Å². The van der Waals surface area contributed by atoms with Crippen molar-refractivity contribution in [3.05, 3.63) is 0 Å². The Morgan fingerprint density at radius 3 is 2.30 bits per heavy atom. The van der Waals surface area contributed by atoms with Crippen molar-refractivity contribution in [2.75, 3.05) is 0 Å². The molecule has 0 fully saturated rings. The largest absolute Gasteiger partial charge is 0.294 e. The maximum Gasteiger partial charge on any atom is 0.0492 e. The second-order valence-corrected chi connectivity index (χ2v) is 2.87. The summed E-state index contributed by atoms with van der Waals surface area (Å²) in [6, 6.07) is 0.505. The molecule has 0 saturated carbocycles. The van der Waals surface area contributed by atoms with Crippen LogP contribution >= 0.6 is 0 Å². The molecule has 60 valence electrons. The fourth-order valence-electron chi connectivity index (χ4n) is 0.760. The molecule has 0 bridgehead atoms. The fraction of sp³-hybridized carbons (Fsp3) is 0.889. The van der Waals surface area contributed by atoms with E-state index in [2.05, 4.69) is 32.7 Å². The Labute approximate surface area is 64.6 Å². The summed E-state index contributed by atoms with van der Waals surface area (Å²) in [5.74, 6) is 0.725. The first kappa shape index (κ1) is 9.67. The van der Waals surface area contributed by atoms with Crippen LogP contribution in [0.3, 0.4) is 0 Å². The van der Waals surface area contributed by atoms with Gasteiger partial charge in [0.1, 0.15) is 0 Å². The summed E-state index contributed by atoms with van der Waals surface area (Å²) in [5, 5.41) is 0. The molecule has 0 aliphatic rings. The Morgan fingerprint density at radius 2 is 1.90 bits per heavy atom.